The third-order valence-electron chi connectivity index (χ3n) is 2.83. The number of nitrogens with zero attached hydrogens (tertiary/aromatic N) is 2. The molecule has 3 nitrogen and oxygen atoms in total. The summed E-state index contributed by atoms with van der Waals surface area (Å²) in [5.41, 5.74) is 8.15. The molecule has 0 aliphatic rings. The number of imidazole rings is 1. The maximum Gasteiger partial charge on any atom is 0.106 e. The Hall–Kier alpha value is -0.770. The van der Waals surface area contributed by atoms with Crippen LogP contribution in [0.25, 0.3) is 11.0 Å². The second-order valence-electron chi connectivity index (χ2n) is 5.04. The minimum atomic E-state index is -0.127. The Morgan fingerprint density at radius 2 is 1.83 bits per heavy atom. The molecule has 1 aromatic carbocycles. The molecular weight excluding hydrogens is 269 g/mol. The van der Waals surface area contributed by atoms with E-state index in [-0.39, 0.29) is 30.4 Å². The predicted molar refractivity (Wildman–Crippen MR) is 81.8 cm³/mol. The van der Waals surface area contributed by atoms with Gasteiger partial charge in [0, 0.05) is 12.1 Å². The first-order valence-corrected chi connectivity index (χ1v) is 5.68. The number of para-hydroxylation sites is 2. The third kappa shape index (κ3) is 3.87. The third-order valence-corrected chi connectivity index (χ3v) is 2.83. The van der Waals surface area contributed by atoms with E-state index in [2.05, 4.69) is 29.5 Å². The lowest BCUT2D eigenvalue weighted by atomic mass is 10.0. The molecule has 0 fully saturated rings. The topological polar surface area (TPSA) is 43.8 Å². The van der Waals surface area contributed by atoms with E-state index in [1.807, 2.05) is 25.1 Å². The SMILES string of the molecule is Cc1nc2ccccc2n1CCC(C)(C)N.Cl.Cl. The Bertz CT molecular complexity index is 500. The molecule has 0 radical (unpaired) electrons. The van der Waals surface area contributed by atoms with Crippen molar-refractivity contribution in [2.45, 2.75) is 39.3 Å². The fourth-order valence-corrected chi connectivity index (χ4v) is 1.88. The Kier molecular flexibility index (Phi) is 6.14. The Morgan fingerprint density at radius 1 is 1.22 bits per heavy atom. The summed E-state index contributed by atoms with van der Waals surface area (Å²) >= 11 is 0. The lowest BCUT2D eigenvalue weighted by Gasteiger charge is -2.19. The smallest absolute Gasteiger partial charge is 0.106 e. The van der Waals surface area contributed by atoms with Gasteiger partial charge in [0.2, 0.25) is 0 Å². The van der Waals surface area contributed by atoms with Gasteiger partial charge in [0.15, 0.2) is 0 Å². The molecule has 1 heterocycles. The zero-order valence-electron chi connectivity index (χ0n) is 11.0. The van der Waals surface area contributed by atoms with Gasteiger partial charge >= 0.3 is 0 Å². The van der Waals surface area contributed by atoms with Crippen molar-refractivity contribution in [2.75, 3.05) is 0 Å². The normalized spacial score (nSPS) is 10.9. The van der Waals surface area contributed by atoms with Crippen LogP contribution in [0.5, 0.6) is 0 Å². The van der Waals surface area contributed by atoms with Crippen molar-refractivity contribution in [3.63, 3.8) is 0 Å². The zero-order valence-corrected chi connectivity index (χ0v) is 12.6. The Morgan fingerprint density at radius 3 is 2.44 bits per heavy atom. The van der Waals surface area contributed by atoms with Crippen LogP contribution >= 0.6 is 24.8 Å². The highest BCUT2D eigenvalue weighted by Gasteiger charge is 2.13. The monoisotopic (exact) mass is 289 g/mol. The van der Waals surface area contributed by atoms with Gasteiger partial charge in [-0.2, -0.15) is 0 Å². The van der Waals surface area contributed by atoms with E-state index < -0.39 is 0 Å². The molecular formula is C13H21Cl2N3. The summed E-state index contributed by atoms with van der Waals surface area (Å²) < 4.78 is 2.24. The van der Waals surface area contributed by atoms with E-state index in [4.69, 9.17) is 5.73 Å². The molecule has 0 aliphatic heterocycles. The minimum absolute atomic E-state index is 0. The Labute approximate surface area is 121 Å². The fourth-order valence-electron chi connectivity index (χ4n) is 1.88. The molecule has 1 aromatic heterocycles. The maximum absolute atomic E-state index is 6.01. The number of aryl methyl sites for hydroxylation is 2. The number of benzene rings is 1. The van der Waals surface area contributed by atoms with Crippen LogP contribution in [-0.2, 0) is 6.54 Å². The molecule has 0 unspecified atom stereocenters. The van der Waals surface area contributed by atoms with E-state index in [9.17, 15) is 0 Å². The maximum atomic E-state index is 6.01. The molecule has 0 atom stereocenters. The molecule has 0 spiro atoms. The van der Waals surface area contributed by atoms with Gasteiger partial charge < -0.3 is 10.3 Å². The van der Waals surface area contributed by atoms with Gasteiger partial charge in [-0.25, -0.2) is 4.98 Å². The molecule has 2 rings (SSSR count). The summed E-state index contributed by atoms with van der Waals surface area (Å²) in [5.74, 6) is 1.06. The molecule has 0 bridgehead atoms. The Balaban J connectivity index is 0.00000144. The van der Waals surface area contributed by atoms with Crippen molar-refractivity contribution >= 4 is 35.8 Å². The minimum Gasteiger partial charge on any atom is -0.328 e. The molecule has 18 heavy (non-hydrogen) atoms. The van der Waals surface area contributed by atoms with Crippen LogP contribution in [0, 0.1) is 6.92 Å². The summed E-state index contributed by atoms with van der Waals surface area (Å²) in [5, 5.41) is 0. The van der Waals surface area contributed by atoms with Crippen molar-refractivity contribution in [1.82, 2.24) is 9.55 Å². The van der Waals surface area contributed by atoms with E-state index in [1.54, 1.807) is 0 Å². The molecule has 0 amide bonds. The first kappa shape index (κ1) is 17.2. The highest BCUT2D eigenvalue weighted by molar-refractivity contribution is 5.85. The van der Waals surface area contributed by atoms with Gasteiger partial charge in [-0.1, -0.05) is 12.1 Å². The lowest BCUT2D eigenvalue weighted by Crippen LogP contribution is -2.33. The summed E-state index contributed by atoms with van der Waals surface area (Å²) in [6, 6.07) is 8.23. The average Bonchev–Trinajstić information content (AvgIpc) is 2.49. The first-order chi connectivity index (χ1) is 7.47. The zero-order chi connectivity index (χ0) is 11.8. The standard InChI is InChI=1S/C13H19N3.2ClH/c1-10-15-11-6-4-5-7-12(11)16(10)9-8-13(2,3)14;;/h4-7H,8-9,14H2,1-3H3;2*1H. The molecule has 0 saturated heterocycles. The van der Waals surface area contributed by atoms with Gasteiger partial charge in [0.25, 0.3) is 0 Å². The van der Waals surface area contributed by atoms with E-state index in [0.29, 0.717) is 0 Å². The van der Waals surface area contributed by atoms with Gasteiger partial charge in [0.05, 0.1) is 11.0 Å². The van der Waals surface area contributed by atoms with Gasteiger partial charge in [0.1, 0.15) is 5.82 Å². The molecule has 5 heteroatoms. The van der Waals surface area contributed by atoms with E-state index in [1.165, 1.54) is 5.52 Å². The number of halogens is 2. The fraction of sp³-hybridized carbons (Fsp3) is 0.462. The highest BCUT2D eigenvalue weighted by atomic mass is 35.5. The largest absolute Gasteiger partial charge is 0.328 e. The van der Waals surface area contributed by atoms with E-state index >= 15 is 0 Å². The molecule has 0 saturated carbocycles. The van der Waals surface area contributed by atoms with Crippen molar-refractivity contribution in [3.05, 3.63) is 30.1 Å². The lowest BCUT2D eigenvalue weighted by molar-refractivity contribution is 0.437. The molecule has 2 aromatic rings. The van der Waals surface area contributed by atoms with Crippen LogP contribution in [0.2, 0.25) is 0 Å². The van der Waals surface area contributed by atoms with Gasteiger partial charge in [-0.3, -0.25) is 0 Å². The number of hydrogen-bond acceptors (Lipinski definition) is 2. The number of fused-ring (bicyclic) bond motifs is 1. The number of nitrogens with two attached hydrogens (primary N) is 1. The van der Waals surface area contributed by atoms with Crippen LogP contribution in [-0.4, -0.2) is 15.1 Å². The summed E-state index contributed by atoms with van der Waals surface area (Å²) in [6.07, 6.45) is 0.953. The van der Waals surface area contributed by atoms with Crippen LogP contribution in [0.1, 0.15) is 26.1 Å². The van der Waals surface area contributed by atoms with Crippen LogP contribution in [0.3, 0.4) is 0 Å². The molecule has 2 N–H and O–H groups in total. The highest BCUT2D eigenvalue weighted by Crippen LogP contribution is 2.17. The van der Waals surface area contributed by atoms with Gasteiger partial charge in [-0.05, 0) is 39.3 Å². The molecule has 0 aliphatic carbocycles. The number of hydrogen-bond donors (Lipinski definition) is 1. The van der Waals surface area contributed by atoms with Crippen LogP contribution < -0.4 is 5.73 Å². The average molecular weight is 290 g/mol. The van der Waals surface area contributed by atoms with Crippen molar-refractivity contribution in [3.8, 4) is 0 Å². The number of rotatable bonds is 3. The first-order valence-electron chi connectivity index (χ1n) is 5.68. The second-order valence-corrected chi connectivity index (χ2v) is 5.04. The quantitative estimate of drug-likeness (QED) is 0.942. The number of aromatic nitrogens is 2. The van der Waals surface area contributed by atoms with Crippen LogP contribution in [0.15, 0.2) is 24.3 Å². The summed E-state index contributed by atoms with van der Waals surface area (Å²) in [6.45, 7) is 7.09. The van der Waals surface area contributed by atoms with Crippen molar-refractivity contribution in [2.24, 2.45) is 5.73 Å². The predicted octanol–water partition coefficient (Wildman–Crippen LogP) is 3.32. The van der Waals surface area contributed by atoms with Crippen molar-refractivity contribution in [1.29, 1.82) is 0 Å². The van der Waals surface area contributed by atoms with Gasteiger partial charge in [-0.15, -0.1) is 24.8 Å². The summed E-state index contributed by atoms with van der Waals surface area (Å²) in [4.78, 5) is 4.54. The second kappa shape index (κ2) is 6.41. The van der Waals surface area contributed by atoms with Crippen molar-refractivity contribution < 1.29 is 0 Å². The van der Waals surface area contributed by atoms with Crippen LogP contribution in [0.4, 0.5) is 0 Å². The summed E-state index contributed by atoms with van der Waals surface area (Å²) in [7, 11) is 0. The molecule has 102 valence electrons. The van der Waals surface area contributed by atoms with E-state index in [0.717, 1.165) is 24.3 Å².